The van der Waals surface area contributed by atoms with E-state index >= 15 is 0 Å². The molecule has 0 bridgehead atoms. The Morgan fingerprint density at radius 3 is 2.69 bits per heavy atom. The van der Waals surface area contributed by atoms with Gasteiger partial charge < -0.3 is 9.30 Å². The molecule has 0 unspecified atom stereocenters. The SMILES string of the molecule is O=c1c2c(ncn2Cc2cccc(Cl)c2)n(-c2ccccc2Cl)c(=O)n1C[C@H]1CCCO1. The fourth-order valence-corrected chi connectivity index (χ4v) is 4.57. The minimum absolute atomic E-state index is 0.179. The monoisotopic (exact) mass is 470 g/mol. The number of imidazole rings is 1. The van der Waals surface area contributed by atoms with Gasteiger partial charge in [-0.1, -0.05) is 47.5 Å². The number of para-hydroxylation sites is 1. The molecule has 2 aromatic carbocycles. The normalized spacial score (nSPS) is 16.1. The van der Waals surface area contributed by atoms with Crippen molar-refractivity contribution in [3.05, 3.63) is 91.3 Å². The molecular weight excluding hydrogens is 451 g/mol. The highest BCUT2D eigenvalue weighted by molar-refractivity contribution is 6.32. The molecule has 1 aliphatic heterocycles. The third-order valence-corrected chi connectivity index (χ3v) is 6.20. The summed E-state index contributed by atoms with van der Waals surface area (Å²) in [6.45, 7) is 1.19. The smallest absolute Gasteiger partial charge is 0.337 e. The topological polar surface area (TPSA) is 71.0 Å². The lowest BCUT2D eigenvalue weighted by Gasteiger charge is -2.16. The Morgan fingerprint density at radius 1 is 1.09 bits per heavy atom. The van der Waals surface area contributed by atoms with E-state index in [4.69, 9.17) is 27.9 Å². The number of benzene rings is 2. The third kappa shape index (κ3) is 3.77. The molecule has 32 heavy (non-hydrogen) atoms. The summed E-state index contributed by atoms with van der Waals surface area (Å²) in [5, 5.41) is 0.998. The summed E-state index contributed by atoms with van der Waals surface area (Å²) >= 11 is 12.6. The van der Waals surface area contributed by atoms with Crippen LogP contribution in [0.3, 0.4) is 0 Å². The zero-order chi connectivity index (χ0) is 22.2. The van der Waals surface area contributed by atoms with Crippen molar-refractivity contribution in [3.63, 3.8) is 0 Å². The standard InChI is InChI=1S/C23H20Cl2N4O3/c24-16-6-3-5-15(11-16)12-27-14-26-21-20(27)22(30)28(13-17-7-4-10-32-17)23(31)29(21)19-9-2-1-8-18(19)25/h1-3,5-6,8-9,11,14,17H,4,7,10,12-13H2/t17-/m1/s1. The van der Waals surface area contributed by atoms with E-state index in [1.54, 1.807) is 41.2 Å². The second kappa shape index (κ2) is 8.58. The summed E-state index contributed by atoms with van der Waals surface area (Å²) in [5.41, 5.74) is 1.08. The number of fused-ring (bicyclic) bond motifs is 1. The summed E-state index contributed by atoms with van der Waals surface area (Å²) < 4.78 is 10.1. The molecule has 0 amide bonds. The van der Waals surface area contributed by atoms with E-state index in [2.05, 4.69) is 4.98 Å². The molecule has 5 rings (SSSR count). The Balaban J connectivity index is 1.75. The van der Waals surface area contributed by atoms with Crippen LogP contribution in [0, 0.1) is 0 Å². The molecule has 0 aliphatic carbocycles. The molecular formula is C23H20Cl2N4O3. The first kappa shape index (κ1) is 21.0. The van der Waals surface area contributed by atoms with Crippen molar-refractivity contribution in [1.82, 2.24) is 18.7 Å². The van der Waals surface area contributed by atoms with Crippen molar-refractivity contribution in [1.29, 1.82) is 0 Å². The molecule has 3 heterocycles. The molecule has 4 aromatic rings. The molecule has 7 nitrogen and oxygen atoms in total. The predicted octanol–water partition coefficient (Wildman–Crippen LogP) is 3.88. The van der Waals surface area contributed by atoms with E-state index < -0.39 is 11.2 Å². The number of halogens is 2. The van der Waals surface area contributed by atoms with Crippen molar-refractivity contribution < 1.29 is 4.74 Å². The van der Waals surface area contributed by atoms with Gasteiger partial charge in [0.15, 0.2) is 11.2 Å². The molecule has 164 valence electrons. The summed E-state index contributed by atoms with van der Waals surface area (Å²) in [6, 6.07) is 14.4. The van der Waals surface area contributed by atoms with Crippen LogP contribution in [0.15, 0.2) is 64.4 Å². The number of ether oxygens (including phenoxy) is 1. The van der Waals surface area contributed by atoms with Crippen LogP contribution < -0.4 is 11.2 Å². The lowest BCUT2D eigenvalue weighted by Crippen LogP contribution is -2.42. The van der Waals surface area contributed by atoms with Gasteiger partial charge in [-0.25, -0.2) is 14.3 Å². The van der Waals surface area contributed by atoms with Crippen LogP contribution >= 0.6 is 23.2 Å². The van der Waals surface area contributed by atoms with Crippen LogP contribution in [0.4, 0.5) is 0 Å². The van der Waals surface area contributed by atoms with Gasteiger partial charge in [-0.2, -0.15) is 0 Å². The first-order valence-corrected chi connectivity index (χ1v) is 11.1. The minimum Gasteiger partial charge on any atom is -0.376 e. The second-order valence-corrected chi connectivity index (χ2v) is 8.64. The lowest BCUT2D eigenvalue weighted by molar-refractivity contribution is 0.0950. The Hall–Kier alpha value is -2.87. The zero-order valence-electron chi connectivity index (χ0n) is 17.1. The largest absolute Gasteiger partial charge is 0.376 e. The fourth-order valence-electron chi connectivity index (χ4n) is 4.13. The second-order valence-electron chi connectivity index (χ2n) is 7.79. The van der Waals surface area contributed by atoms with Crippen molar-refractivity contribution in [2.75, 3.05) is 6.61 Å². The summed E-state index contributed by atoms with van der Waals surface area (Å²) in [4.78, 5) is 31.5. The number of nitrogens with zero attached hydrogens (tertiary/aromatic N) is 4. The molecule has 0 radical (unpaired) electrons. The van der Waals surface area contributed by atoms with Gasteiger partial charge in [0.05, 0.1) is 29.7 Å². The van der Waals surface area contributed by atoms with Crippen molar-refractivity contribution in [3.8, 4) is 5.69 Å². The van der Waals surface area contributed by atoms with Crippen molar-refractivity contribution in [2.45, 2.75) is 32.0 Å². The maximum absolute atomic E-state index is 13.5. The number of hydrogen-bond acceptors (Lipinski definition) is 4. The van der Waals surface area contributed by atoms with Gasteiger partial charge in [-0.3, -0.25) is 9.36 Å². The Morgan fingerprint density at radius 2 is 1.94 bits per heavy atom. The van der Waals surface area contributed by atoms with Gasteiger partial charge in [0, 0.05) is 18.2 Å². The molecule has 9 heteroatoms. The van der Waals surface area contributed by atoms with Crippen LogP contribution in [0.5, 0.6) is 0 Å². The van der Waals surface area contributed by atoms with Crippen LogP contribution in [0.2, 0.25) is 10.0 Å². The quantitative estimate of drug-likeness (QED) is 0.443. The van der Waals surface area contributed by atoms with Gasteiger partial charge in [0.2, 0.25) is 0 Å². The Bertz CT molecular complexity index is 1420. The minimum atomic E-state index is -0.487. The van der Waals surface area contributed by atoms with Crippen LogP contribution in [0.25, 0.3) is 16.9 Å². The average molecular weight is 471 g/mol. The van der Waals surface area contributed by atoms with E-state index in [0.29, 0.717) is 34.4 Å². The maximum atomic E-state index is 13.5. The highest BCUT2D eigenvalue weighted by Crippen LogP contribution is 2.22. The lowest BCUT2D eigenvalue weighted by atomic mass is 10.2. The van der Waals surface area contributed by atoms with Crippen LogP contribution in [-0.4, -0.2) is 31.4 Å². The van der Waals surface area contributed by atoms with E-state index in [0.717, 1.165) is 18.4 Å². The van der Waals surface area contributed by atoms with Gasteiger partial charge >= 0.3 is 5.69 Å². The van der Waals surface area contributed by atoms with Crippen molar-refractivity contribution in [2.24, 2.45) is 0 Å². The van der Waals surface area contributed by atoms with Gasteiger partial charge in [-0.15, -0.1) is 0 Å². The third-order valence-electron chi connectivity index (χ3n) is 5.65. The molecule has 0 N–H and O–H groups in total. The van der Waals surface area contributed by atoms with Crippen molar-refractivity contribution >= 4 is 34.4 Å². The fraction of sp³-hybridized carbons (Fsp3) is 0.261. The molecule has 0 saturated carbocycles. The Labute approximate surface area is 193 Å². The van der Waals surface area contributed by atoms with Gasteiger partial charge in [0.25, 0.3) is 5.56 Å². The van der Waals surface area contributed by atoms with Crippen LogP contribution in [-0.2, 0) is 17.8 Å². The number of hydrogen-bond donors (Lipinski definition) is 0. The van der Waals surface area contributed by atoms with E-state index in [9.17, 15) is 9.59 Å². The summed E-state index contributed by atoms with van der Waals surface area (Å²) in [6.07, 6.45) is 3.10. The predicted molar refractivity (Wildman–Crippen MR) is 124 cm³/mol. The summed E-state index contributed by atoms with van der Waals surface area (Å²) in [7, 11) is 0. The maximum Gasteiger partial charge on any atom is 0.337 e. The first-order valence-electron chi connectivity index (χ1n) is 10.3. The Kier molecular flexibility index (Phi) is 5.63. The van der Waals surface area contributed by atoms with E-state index in [1.807, 2.05) is 18.2 Å². The van der Waals surface area contributed by atoms with Crippen LogP contribution in [0.1, 0.15) is 18.4 Å². The van der Waals surface area contributed by atoms with E-state index in [1.165, 1.54) is 9.13 Å². The molecule has 0 spiro atoms. The number of rotatable bonds is 5. The first-order chi connectivity index (χ1) is 15.5. The average Bonchev–Trinajstić information content (AvgIpc) is 3.43. The van der Waals surface area contributed by atoms with Gasteiger partial charge in [0.1, 0.15) is 0 Å². The molecule has 1 atom stereocenters. The summed E-state index contributed by atoms with van der Waals surface area (Å²) in [5.74, 6) is 0. The molecule has 1 fully saturated rings. The highest BCUT2D eigenvalue weighted by atomic mass is 35.5. The zero-order valence-corrected chi connectivity index (χ0v) is 18.6. The molecule has 2 aromatic heterocycles. The number of aromatic nitrogens is 4. The molecule has 1 saturated heterocycles. The molecule has 1 aliphatic rings. The highest BCUT2D eigenvalue weighted by Gasteiger charge is 2.24. The van der Waals surface area contributed by atoms with E-state index in [-0.39, 0.29) is 18.3 Å². The van der Waals surface area contributed by atoms with Gasteiger partial charge in [-0.05, 0) is 42.7 Å².